The number of alkyl halides is 24. The molecular formula is C41H23BF24N2OS. The van der Waals surface area contributed by atoms with Crippen molar-refractivity contribution in [2.24, 2.45) is 0 Å². The van der Waals surface area contributed by atoms with Gasteiger partial charge >= 0.3 is 49.4 Å². The number of carbonyl (C=O) groups excluding carboxylic acids is 1. The Morgan fingerprint density at radius 2 is 0.571 bits per heavy atom. The normalized spacial score (nSPS) is 13.3. The molecule has 29 heteroatoms. The molecule has 0 saturated carbocycles. The monoisotopic (exact) mass is 1060 g/mol. The van der Waals surface area contributed by atoms with E-state index in [1.54, 1.807) is 12.1 Å². The van der Waals surface area contributed by atoms with Crippen LogP contribution in [0, 0.1) is 22.7 Å². The fourth-order valence-electron chi connectivity index (χ4n) is 6.87. The van der Waals surface area contributed by atoms with Gasteiger partial charge in [-0.2, -0.15) is 138 Å². The molecule has 0 amide bonds. The number of ketones is 1. The molecule has 0 radical (unpaired) electrons. The van der Waals surface area contributed by atoms with Crippen molar-refractivity contribution >= 4 is 44.7 Å². The molecule has 0 unspecified atom stereocenters. The van der Waals surface area contributed by atoms with Gasteiger partial charge in [-0.05, 0) is 42.1 Å². The van der Waals surface area contributed by atoms with E-state index in [2.05, 4.69) is 0 Å². The van der Waals surface area contributed by atoms with Crippen LogP contribution in [0.1, 0.15) is 51.4 Å². The van der Waals surface area contributed by atoms with Gasteiger partial charge in [0.2, 0.25) is 0 Å². The van der Waals surface area contributed by atoms with E-state index in [0.717, 1.165) is 0 Å². The SMILES string of the molecule is CC(=O)C(C[S+](C)C)=C(C#N)C#N.FC(F)(F)c1cc([B-](c2cc(C(F)(F)F)cc(C(F)(F)F)c2)(c2cc(C(F)(F)F)cc(C(F)(F)F)c2)c2cc(C(F)(F)F)cc(C(F)(F)F)c2)cc(C(F)(F)F)c1. The molecule has 4 aromatic carbocycles. The fourth-order valence-corrected chi connectivity index (χ4v) is 7.79. The van der Waals surface area contributed by atoms with E-state index in [1.165, 1.54) is 6.92 Å². The Kier molecular flexibility index (Phi) is 16.4. The van der Waals surface area contributed by atoms with Gasteiger partial charge in [-0.1, -0.05) is 48.5 Å². The van der Waals surface area contributed by atoms with Crippen molar-refractivity contribution in [3.05, 3.63) is 128 Å². The minimum absolute atomic E-state index is 0.0291. The molecule has 4 aromatic rings. The zero-order valence-electron chi connectivity index (χ0n) is 34.5. The summed E-state index contributed by atoms with van der Waals surface area (Å²) < 4.78 is 341. The summed E-state index contributed by atoms with van der Waals surface area (Å²) >= 11 is 0. The molecule has 4 rings (SSSR count). The minimum atomic E-state index is -6.13. The predicted octanol–water partition coefficient (Wildman–Crippen LogP) is 12.0. The Morgan fingerprint density at radius 1 is 0.400 bits per heavy atom. The zero-order chi connectivity index (χ0) is 54.3. The lowest BCUT2D eigenvalue weighted by Crippen LogP contribution is -2.75. The molecule has 0 aliphatic carbocycles. The van der Waals surface area contributed by atoms with Crippen LogP contribution >= 0.6 is 0 Å². The highest BCUT2D eigenvalue weighted by molar-refractivity contribution is 7.95. The van der Waals surface area contributed by atoms with Crippen LogP contribution in [0.4, 0.5) is 105 Å². The van der Waals surface area contributed by atoms with Gasteiger partial charge < -0.3 is 0 Å². The molecule has 70 heavy (non-hydrogen) atoms. The predicted molar refractivity (Wildman–Crippen MR) is 203 cm³/mol. The largest absolute Gasteiger partial charge is 0.416 e. The lowest BCUT2D eigenvalue weighted by molar-refractivity contribution is -0.144. The van der Waals surface area contributed by atoms with Gasteiger partial charge in [0, 0.05) is 0 Å². The van der Waals surface area contributed by atoms with Gasteiger partial charge in [-0.15, -0.1) is 0 Å². The van der Waals surface area contributed by atoms with Crippen LogP contribution < -0.4 is 21.9 Å². The minimum Gasteiger partial charge on any atom is -0.295 e. The lowest BCUT2D eigenvalue weighted by atomic mass is 9.12. The van der Waals surface area contributed by atoms with E-state index in [9.17, 15) is 110 Å². The highest BCUT2D eigenvalue weighted by Gasteiger charge is 2.47. The highest BCUT2D eigenvalue weighted by Crippen LogP contribution is 2.41. The number of hydrogen-bond acceptors (Lipinski definition) is 3. The number of carbonyl (C=O) groups is 1. The van der Waals surface area contributed by atoms with E-state index in [-0.39, 0.29) is 22.3 Å². The first kappa shape index (κ1) is 58.3. The third-order valence-electron chi connectivity index (χ3n) is 9.82. The average molecular weight is 1060 g/mol. The first-order valence-corrected chi connectivity index (χ1v) is 20.4. The Hall–Kier alpha value is -6.00. The molecule has 0 aliphatic rings. The number of nitrogens with zero attached hydrogens (tertiary/aromatic N) is 2. The lowest BCUT2D eigenvalue weighted by Gasteiger charge is -2.46. The maximum absolute atomic E-state index is 14.2. The summed E-state index contributed by atoms with van der Waals surface area (Å²) in [5.41, 5.74) is -29.9. The number of nitriles is 2. The Morgan fingerprint density at radius 3 is 0.686 bits per heavy atom. The molecule has 0 saturated heterocycles. The van der Waals surface area contributed by atoms with E-state index in [1.807, 2.05) is 12.5 Å². The van der Waals surface area contributed by atoms with Crippen LogP contribution in [0.25, 0.3) is 0 Å². The molecule has 0 aromatic heterocycles. The van der Waals surface area contributed by atoms with Crippen molar-refractivity contribution in [1.82, 2.24) is 0 Å². The molecule has 3 nitrogen and oxygen atoms in total. The van der Waals surface area contributed by atoms with Gasteiger partial charge in [0.15, 0.2) is 5.78 Å². The number of allylic oxidation sites excluding steroid dienone is 1. The van der Waals surface area contributed by atoms with Crippen molar-refractivity contribution < 1.29 is 110 Å². The standard InChI is InChI=1S/C32H12BF24.C9H11N2OS/c34-25(35,36)13-1-14(26(37,38)39)6-21(5-13)33(22-7-15(27(40,41)42)2-16(8-22)28(43,44)45,23-9-17(29(46,47)48)3-18(10-23)30(49,50)51)24-11-19(31(52,53)54)4-20(12-24)32(55,56)57;1-7(12)9(6-13(2)3)8(4-10)5-11/h1-12H;6H2,1-3H3/q-1;+1. The molecule has 0 aliphatic heterocycles. The van der Waals surface area contributed by atoms with Crippen LogP contribution in [-0.2, 0) is 65.1 Å². The third kappa shape index (κ3) is 13.7. The molecule has 0 N–H and O–H groups in total. The number of hydrogen-bond donors (Lipinski definition) is 0. The fraction of sp³-hybridized carbons (Fsp3) is 0.293. The van der Waals surface area contributed by atoms with E-state index >= 15 is 0 Å². The summed E-state index contributed by atoms with van der Waals surface area (Å²) in [7, 11) is 0.0291. The summed E-state index contributed by atoms with van der Waals surface area (Å²) in [6, 6.07) is -5.33. The first-order valence-electron chi connectivity index (χ1n) is 18.2. The first-order chi connectivity index (χ1) is 31.3. The number of halogens is 24. The smallest absolute Gasteiger partial charge is 0.295 e. The molecule has 0 atom stereocenters. The van der Waals surface area contributed by atoms with Crippen LogP contribution in [0.5, 0.6) is 0 Å². The molecule has 0 bridgehead atoms. The second-order valence-electron chi connectivity index (χ2n) is 15.0. The van der Waals surface area contributed by atoms with Crippen molar-refractivity contribution in [2.75, 3.05) is 18.3 Å². The maximum Gasteiger partial charge on any atom is 0.416 e. The third-order valence-corrected chi connectivity index (χ3v) is 10.7. The van der Waals surface area contributed by atoms with Gasteiger partial charge in [-0.25, -0.2) is 0 Å². The Bertz CT molecular complexity index is 2270. The van der Waals surface area contributed by atoms with Crippen molar-refractivity contribution in [3.63, 3.8) is 0 Å². The summed E-state index contributed by atoms with van der Waals surface area (Å²) in [5, 5.41) is 17.2. The van der Waals surface area contributed by atoms with Gasteiger partial charge in [0.25, 0.3) is 0 Å². The maximum atomic E-state index is 14.2. The second-order valence-corrected chi connectivity index (χ2v) is 17.2. The molecule has 0 heterocycles. The zero-order valence-corrected chi connectivity index (χ0v) is 35.3. The quantitative estimate of drug-likeness (QED) is 0.0609. The molecule has 380 valence electrons. The van der Waals surface area contributed by atoms with Gasteiger partial charge in [0.1, 0.15) is 29.6 Å². The van der Waals surface area contributed by atoms with Crippen LogP contribution in [-0.4, -0.2) is 30.2 Å². The van der Waals surface area contributed by atoms with Gasteiger partial charge in [-0.3, -0.25) is 4.79 Å². The van der Waals surface area contributed by atoms with Gasteiger partial charge in [0.05, 0.1) is 62.6 Å². The van der Waals surface area contributed by atoms with Crippen molar-refractivity contribution in [1.29, 1.82) is 10.5 Å². The van der Waals surface area contributed by atoms with Crippen LogP contribution in [0.2, 0.25) is 0 Å². The summed E-state index contributed by atoms with van der Waals surface area (Å²) in [6.45, 7) is 1.39. The Labute approximate surface area is 380 Å². The summed E-state index contributed by atoms with van der Waals surface area (Å²) in [5.74, 6) is 0.338. The van der Waals surface area contributed by atoms with Crippen molar-refractivity contribution in [2.45, 2.75) is 56.3 Å². The van der Waals surface area contributed by atoms with E-state index in [4.69, 9.17) is 10.5 Å². The van der Waals surface area contributed by atoms with Crippen LogP contribution in [0.15, 0.2) is 83.9 Å². The molecule has 0 spiro atoms. The average Bonchev–Trinajstić information content (AvgIpc) is 3.18. The number of benzene rings is 4. The number of rotatable bonds is 7. The van der Waals surface area contributed by atoms with Crippen molar-refractivity contribution in [3.8, 4) is 12.1 Å². The summed E-state index contributed by atoms with van der Waals surface area (Å²) in [4.78, 5) is 11.1. The number of Topliss-reactive ketones (excluding diaryl/α,β-unsaturated/α-hetero) is 1. The van der Waals surface area contributed by atoms with E-state index < -0.39 is 195 Å². The second kappa shape index (κ2) is 19.7. The Balaban J connectivity index is 0.000000869. The summed E-state index contributed by atoms with van der Waals surface area (Å²) in [6.07, 6.45) is -50.9. The highest BCUT2D eigenvalue weighted by atomic mass is 32.2. The molecular weight excluding hydrogens is 1040 g/mol. The topological polar surface area (TPSA) is 64.7 Å². The van der Waals surface area contributed by atoms with Crippen LogP contribution in [0.3, 0.4) is 0 Å². The molecule has 0 fully saturated rings. The van der Waals surface area contributed by atoms with E-state index in [0.29, 0.717) is 11.3 Å².